The van der Waals surface area contributed by atoms with Crippen molar-refractivity contribution in [2.75, 3.05) is 16.0 Å². The van der Waals surface area contributed by atoms with Crippen molar-refractivity contribution in [3.63, 3.8) is 0 Å². The fourth-order valence-corrected chi connectivity index (χ4v) is 3.45. The molecular formula is C22H24N6O. The van der Waals surface area contributed by atoms with E-state index in [1.54, 1.807) is 6.20 Å². The number of benzene rings is 1. The molecule has 148 valence electrons. The molecule has 29 heavy (non-hydrogen) atoms. The maximum atomic E-state index is 12.2. The van der Waals surface area contributed by atoms with Gasteiger partial charge in [-0.1, -0.05) is 12.8 Å². The second-order valence-corrected chi connectivity index (χ2v) is 7.30. The Morgan fingerprint density at radius 1 is 0.862 bits per heavy atom. The highest BCUT2D eigenvalue weighted by atomic mass is 16.1. The smallest absolute Gasteiger partial charge is 0.227 e. The number of carbonyl (C=O) groups excluding carboxylic acids is 1. The first-order chi connectivity index (χ1) is 14.2. The first-order valence-corrected chi connectivity index (χ1v) is 9.85. The van der Waals surface area contributed by atoms with Crippen molar-refractivity contribution < 1.29 is 4.79 Å². The SMILES string of the molecule is Cc1ccnc(Nc2cc(Nc3ccc(NC(=O)C4CCCC4)cc3)ncn2)c1. The summed E-state index contributed by atoms with van der Waals surface area (Å²) in [4.78, 5) is 25.0. The molecule has 0 saturated heterocycles. The Morgan fingerprint density at radius 2 is 1.52 bits per heavy atom. The molecule has 0 aliphatic heterocycles. The van der Waals surface area contributed by atoms with Crippen molar-refractivity contribution >= 4 is 34.7 Å². The van der Waals surface area contributed by atoms with Crippen LogP contribution in [0.4, 0.5) is 28.8 Å². The third kappa shape index (κ3) is 5.07. The zero-order valence-electron chi connectivity index (χ0n) is 16.4. The lowest BCUT2D eigenvalue weighted by molar-refractivity contribution is -0.119. The minimum absolute atomic E-state index is 0.125. The Morgan fingerprint density at radius 3 is 2.24 bits per heavy atom. The lowest BCUT2D eigenvalue weighted by Gasteiger charge is -2.12. The summed E-state index contributed by atoms with van der Waals surface area (Å²) >= 11 is 0. The molecule has 3 N–H and O–H groups in total. The van der Waals surface area contributed by atoms with Gasteiger partial charge in [0, 0.05) is 29.6 Å². The number of pyridine rings is 1. The van der Waals surface area contributed by atoms with E-state index in [0.29, 0.717) is 11.6 Å². The molecule has 1 fully saturated rings. The van der Waals surface area contributed by atoms with Crippen LogP contribution in [0.5, 0.6) is 0 Å². The van der Waals surface area contributed by atoms with Crippen molar-refractivity contribution in [3.05, 3.63) is 60.6 Å². The van der Waals surface area contributed by atoms with Crippen molar-refractivity contribution in [2.24, 2.45) is 5.92 Å². The molecule has 1 saturated carbocycles. The summed E-state index contributed by atoms with van der Waals surface area (Å²) in [5.74, 6) is 2.33. The van der Waals surface area contributed by atoms with E-state index in [2.05, 4.69) is 30.9 Å². The van der Waals surface area contributed by atoms with Gasteiger partial charge in [-0.3, -0.25) is 4.79 Å². The molecule has 1 aliphatic rings. The average molecular weight is 388 g/mol. The van der Waals surface area contributed by atoms with Gasteiger partial charge in [-0.15, -0.1) is 0 Å². The van der Waals surface area contributed by atoms with Gasteiger partial charge in [-0.05, 0) is 61.7 Å². The number of nitrogens with zero attached hydrogens (tertiary/aromatic N) is 3. The van der Waals surface area contributed by atoms with Crippen LogP contribution in [0.15, 0.2) is 55.0 Å². The predicted octanol–water partition coefficient (Wildman–Crippen LogP) is 4.80. The number of rotatable bonds is 6. The molecular weight excluding hydrogens is 364 g/mol. The molecule has 1 aromatic carbocycles. The van der Waals surface area contributed by atoms with Crippen LogP contribution in [0.2, 0.25) is 0 Å². The van der Waals surface area contributed by atoms with Crippen LogP contribution in [-0.2, 0) is 4.79 Å². The average Bonchev–Trinajstić information content (AvgIpc) is 3.25. The van der Waals surface area contributed by atoms with E-state index < -0.39 is 0 Å². The molecule has 0 unspecified atom stereocenters. The van der Waals surface area contributed by atoms with Gasteiger partial charge in [0.1, 0.15) is 23.8 Å². The van der Waals surface area contributed by atoms with E-state index >= 15 is 0 Å². The summed E-state index contributed by atoms with van der Waals surface area (Å²) in [7, 11) is 0. The maximum absolute atomic E-state index is 12.2. The number of amides is 1. The summed E-state index contributed by atoms with van der Waals surface area (Å²) in [6.45, 7) is 2.01. The highest BCUT2D eigenvalue weighted by Gasteiger charge is 2.22. The molecule has 2 heterocycles. The lowest BCUT2D eigenvalue weighted by Crippen LogP contribution is -2.20. The second kappa shape index (κ2) is 8.68. The van der Waals surface area contributed by atoms with E-state index in [1.165, 1.54) is 6.33 Å². The molecule has 4 rings (SSSR count). The molecule has 0 radical (unpaired) electrons. The largest absolute Gasteiger partial charge is 0.340 e. The van der Waals surface area contributed by atoms with Gasteiger partial charge in [-0.25, -0.2) is 15.0 Å². The van der Waals surface area contributed by atoms with Gasteiger partial charge >= 0.3 is 0 Å². The normalized spacial score (nSPS) is 13.8. The van der Waals surface area contributed by atoms with Crippen LogP contribution < -0.4 is 16.0 Å². The lowest BCUT2D eigenvalue weighted by atomic mass is 10.1. The van der Waals surface area contributed by atoms with E-state index in [4.69, 9.17) is 0 Å². The fraction of sp³-hybridized carbons (Fsp3) is 0.273. The molecule has 1 aliphatic carbocycles. The highest BCUT2D eigenvalue weighted by Crippen LogP contribution is 2.26. The van der Waals surface area contributed by atoms with Crippen LogP contribution in [0.3, 0.4) is 0 Å². The summed E-state index contributed by atoms with van der Waals surface area (Å²) in [5.41, 5.74) is 2.81. The zero-order chi connectivity index (χ0) is 20.1. The third-order valence-electron chi connectivity index (χ3n) is 4.99. The third-order valence-corrected chi connectivity index (χ3v) is 4.99. The Hall–Kier alpha value is -3.48. The van der Waals surface area contributed by atoms with E-state index in [1.807, 2.05) is 49.4 Å². The highest BCUT2D eigenvalue weighted by molar-refractivity contribution is 5.92. The Kier molecular flexibility index (Phi) is 5.65. The molecule has 2 aromatic heterocycles. The quantitative estimate of drug-likeness (QED) is 0.562. The monoisotopic (exact) mass is 388 g/mol. The number of carbonyl (C=O) groups is 1. The summed E-state index contributed by atoms with van der Waals surface area (Å²) < 4.78 is 0. The molecule has 7 nitrogen and oxygen atoms in total. The summed E-state index contributed by atoms with van der Waals surface area (Å²) in [6.07, 6.45) is 7.54. The molecule has 0 spiro atoms. The van der Waals surface area contributed by atoms with E-state index in [0.717, 1.165) is 48.4 Å². The number of hydrogen-bond acceptors (Lipinski definition) is 6. The molecule has 3 aromatic rings. The number of aromatic nitrogens is 3. The number of anilines is 5. The molecule has 1 amide bonds. The summed E-state index contributed by atoms with van der Waals surface area (Å²) in [5, 5.41) is 9.44. The maximum Gasteiger partial charge on any atom is 0.227 e. The first kappa shape index (κ1) is 18.9. The Labute approximate surface area is 170 Å². The van der Waals surface area contributed by atoms with Crippen LogP contribution in [0.25, 0.3) is 0 Å². The van der Waals surface area contributed by atoms with Crippen molar-refractivity contribution in [1.29, 1.82) is 0 Å². The first-order valence-electron chi connectivity index (χ1n) is 9.85. The van der Waals surface area contributed by atoms with Gasteiger partial charge in [0.2, 0.25) is 5.91 Å². The minimum Gasteiger partial charge on any atom is -0.340 e. The Bertz CT molecular complexity index is 983. The number of aryl methyl sites for hydroxylation is 1. The van der Waals surface area contributed by atoms with Gasteiger partial charge in [0.05, 0.1) is 0 Å². The molecule has 0 bridgehead atoms. The van der Waals surface area contributed by atoms with Crippen LogP contribution >= 0.6 is 0 Å². The molecule has 0 atom stereocenters. The Balaban J connectivity index is 1.38. The van der Waals surface area contributed by atoms with E-state index in [-0.39, 0.29) is 11.8 Å². The van der Waals surface area contributed by atoms with Crippen molar-refractivity contribution in [1.82, 2.24) is 15.0 Å². The van der Waals surface area contributed by atoms with Crippen LogP contribution in [0, 0.1) is 12.8 Å². The fourth-order valence-electron chi connectivity index (χ4n) is 3.45. The second-order valence-electron chi connectivity index (χ2n) is 7.30. The van der Waals surface area contributed by atoms with Crippen LogP contribution in [0.1, 0.15) is 31.2 Å². The molecule has 7 heteroatoms. The van der Waals surface area contributed by atoms with Crippen molar-refractivity contribution in [2.45, 2.75) is 32.6 Å². The summed E-state index contributed by atoms with van der Waals surface area (Å²) in [6, 6.07) is 13.3. The zero-order valence-corrected chi connectivity index (χ0v) is 16.4. The topological polar surface area (TPSA) is 91.8 Å². The number of hydrogen-bond donors (Lipinski definition) is 3. The van der Waals surface area contributed by atoms with Crippen molar-refractivity contribution in [3.8, 4) is 0 Å². The predicted molar refractivity (Wildman–Crippen MR) is 115 cm³/mol. The number of nitrogens with one attached hydrogen (secondary N) is 3. The minimum atomic E-state index is 0.125. The van der Waals surface area contributed by atoms with Gasteiger partial charge in [-0.2, -0.15) is 0 Å². The van der Waals surface area contributed by atoms with Gasteiger partial charge < -0.3 is 16.0 Å². The van der Waals surface area contributed by atoms with Crippen LogP contribution in [-0.4, -0.2) is 20.9 Å². The van der Waals surface area contributed by atoms with E-state index in [9.17, 15) is 4.79 Å². The van der Waals surface area contributed by atoms with Gasteiger partial charge in [0.25, 0.3) is 0 Å². The standard InChI is InChI=1S/C22H24N6O/c1-15-10-11-23-19(12-15)28-21-13-20(24-14-25-21)26-17-6-8-18(9-7-17)27-22(29)16-4-2-3-5-16/h6-14,16H,2-5H2,1H3,(H,27,29)(H2,23,24,25,26,28). The van der Waals surface area contributed by atoms with Gasteiger partial charge in [0.15, 0.2) is 0 Å².